The highest BCUT2D eigenvalue weighted by atomic mass is 16.3. The number of carbonyl (C=O) groups is 2. The number of amides is 2. The van der Waals surface area contributed by atoms with Crippen LogP contribution in [0.3, 0.4) is 0 Å². The van der Waals surface area contributed by atoms with E-state index in [-0.39, 0.29) is 23.8 Å². The molecule has 1 saturated heterocycles. The minimum Gasteiger partial charge on any atom is -0.469 e. The second-order valence-corrected chi connectivity index (χ2v) is 8.12. The van der Waals surface area contributed by atoms with E-state index in [0.29, 0.717) is 25.9 Å². The minimum absolute atomic E-state index is 0.0346. The standard InChI is InChI=1S/C25H28N2O3/c1-18(11-12-21-8-5-17-30-21)26-24(28)20-13-15-27(16-14-20)25(29)23-10-4-7-19-6-2-3-9-22(19)23/h2-10,17-18,20H,11-16H2,1H3,(H,26,28). The van der Waals surface area contributed by atoms with Crippen LogP contribution in [0.1, 0.15) is 42.3 Å². The molecule has 0 saturated carbocycles. The second-order valence-electron chi connectivity index (χ2n) is 8.12. The fraction of sp³-hybridized carbons (Fsp3) is 0.360. The summed E-state index contributed by atoms with van der Waals surface area (Å²) in [5.41, 5.74) is 0.738. The van der Waals surface area contributed by atoms with Gasteiger partial charge in [0.1, 0.15) is 5.76 Å². The molecule has 3 aromatic rings. The Morgan fingerprint density at radius 2 is 1.83 bits per heavy atom. The number of piperidine rings is 1. The van der Waals surface area contributed by atoms with E-state index in [9.17, 15) is 9.59 Å². The summed E-state index contributed by atoms with van der Waals surface area (Å²) in [6.45, 7) is 3.25. The van der Waals surface area contributed by atoms with Gasteiger partial charge in [0.05, 0.1) is 6.26 Å². The van der Waals surface area contributed by atoms with Crippen molar-refractivity contribution in [1.82, 2.24) is 10.2 Å². The first-order valence-electron chi connectivity index (χ1n) is 10.7. The molecule has 4 rings (SSSR count). The molecule has 1 unspecified atom stereocenters. The van der Waals surface area contributed by atoms with Crippen molar-refractivity contribution in [3.63, 3.8) is 0 Å². The van der Waals surface area contributed by atoms with E-state index >= 15 is 0 Å². The van der Waals surface area contributed by atoms with E-state index in [1.165, 1.54) is 0 Å². The number of hydrogen-bond donors (Lipinski definition) is 1. The van der Waals surface area contributed by atoms with Crippen molar-refractivity contribution in [3.8, 4) is 0 Å². The SMILES string of the molecule is CC(CCc1ccco1)NC(=O)C1CCN(C(=O)c2cccc3ccccc23)CC1. The van der Waals surface area contributed by atoms with Crippen molar-refractivity contribution in [2.75, 3.05) is 13.1 Å². The molecular formula is C25H28N2O3. The van der Waals surface area contributed by atoms with Crippen LogP contribution < -0.4 is 5.32 Å². The van der Waals surface area contributed by atoms with Crippen LogP contribution in [0.25, 0.3) is 10.8 Å². The smallest absolute Gasteiger partial charge is 0.254 e. The van der Waals surface area contributed by atoms with Crippen molar-refractivity contribution in [2.24, 2.45) is 5.92 Å². The summed E-state index contributed by atoms with van der Waals surface area (Å²) in [6.07, 6.45) is 4.73. The molecule has 2 aromatic carbocycles. The first-order valence-corrected chi connectivity index (χ1v) is 10.7. The number of furan rings is 1. The van der Waals surface area contributed by atoms with Crippen molar-refractivity contribution in [1.29, 1.82) is 0 Å². The summed E-state index contributed by atoms with van der Waals surface area (Å²) in [6, 6.07) is 17.7. The third kappa shape index (κ3) is 4.56. The van der Waals surface area contributed by atoms with Gasteiger partial charge in [-0.3, -0.25) is 9.59 Å². The Kier molecular flexibility index (Phi) is 6.17. The number of aryl methyl sites for hydroxylation is 1. The predicted molar refractivity (Wildman–Crippen MR) is 117 cm³/mol. The van der Waals surface area contributed by atoms with Gasteiger partial charge in [0.25, 0.3) is 5.91 Å². The van der Waals surface area contributed by atoms with Gasteiger partial charge in [-0.05, 0) is 55.2 Å². The van der Waals surface area contributed by atoms with Crippen LogP contribution >= 0.6 is 0 Å². The average Bonchev–Trinajstić information content (AvgIpc) is 3.31. The van der Waals surface area contributed by atoms with E-state index in [1.54, 1.807) is 6.26 Å². The molecule has 5 nitrogen and oxygen atoms in total. The van der Waals surface area contributed by atoms with Gasteiger partial charge < -0.3 is 14.6 Å². The topological polar surface area (TPSA) is 62.6 Å². The van der Waals surface area contributed by atoms with E-state index < -0.39 is 0 Å². The summed E-state index contributed by atoms with van der Waals surface area (Å²) in [5.74, 6) is 1.06. The predicted octanol–water partition coefficient (Wildman–Crippen LogP) is 4.42. The van der Waals surface area contributed by atoms with Crippen molar-refractivity contribution < 1.29 is 14.0 Å². The first-order chi connectivity index (χ1) is 14.6. The fourth-order valence-electron chi connectivity index (χ4n) is 4.17. The van der Waals surface area contributed by atoms with E-state index in [1.807, 2.05) is 66.4 Å². The van der Waals surface area contributed by atoms with Crippen LogP contribution in [-0.2, 0) is 11.2 Å². The number of likely N-dealkylation sites (tertiary alicyclic amines) is 1. The molecule has 30 heavy (non-hydrogen) atoms. The lowest BCUT2D eigenvalue weighted by Crippen LogP contribution is -2.45. The Morgan fingerprint density at radius 1 is 1.07 bits per heavy atom. The molecular weight excluding hydrogens is 376 g/mol. The Morgan fingerprint density at radius 3 is 2.60 bits per heavy atom. The molecule has 1 N–H and O–H groups in total. The van der Waals surface area contributed by atoms with E-state index in [4.69, 9.17) is 4.42 Å². The quantitative estimate of drug-likeness (QED) is 0.661. The maximum Gasteiger partial charge on any atom is 0.254 e. The summed E-state index contributed by atoms with van der Waals surface area (Å²) in [4.78, 5) is 27.6. The zero-order valence-corrected chi connectivity index (χ0v) is 17.3. The first kappa shape index (κ1) is 20.2. The van der Waals surface area contributed by atoms with Crippen LogP contribution in [0.2, 0.25) is 0 Å². The molecule has 1 fully saturated rings. The maximum absolute atomic E-state index is 13.1. The third-order valence-corrected chi connectivity index (χ3v) is 5.97. The molecule has 0 spiro atoms. The van der Waals surface area contributed by atoms with E-state index in [0.717, 1.165) is 34.9 Å². The summed E-state index contributed by atoms with van der Waals surface area (Å²) >= 11 is 0. The van der Waals surface area contributed by atoms with Gasteiger partial charge in [-0.15, -0.1) is 0 Å². The van der Waals surface area contributed by atoms with Gasteiger partial charge in [0, 0.05) is 37.0 Å². The Labute approximate surface area is 177 Å². The Balaban J connectivity index is 1.30. The number of benzene rings is 2. The van der Waals surface area contributed by atoms with Gasteiger partial charge in [0.15, 0.2) is 0 Å². The molecule has 156 valence electrons. The Bertz CT molecular complexity index is 999. The number of rotatable bonds is 6. The zero-order chi connectivity index (χ0) is 20.9. The number of fused-ring (bicyclic) bond motifs is 1. The maximum atomic E-state index is 13.1. The van der Waals surface area contributed by atoms with Crippen molar-refractivity contribution in [3.05, 3.63) is 72.2 Å². The molecule has 2 amide bonds. The van der Waals surface area contributed by atoms with Crippen LogP contribution in [0.4, 0.5) is 0 Å². The minimum atomic E-state index is -0.0346. The molecule has 1 atom stereocenters. The van der Waals surface area contributed by atoms with Crippen LogP contribution in [0, 0.1) is 5.92 Å². The van der Waals surface area contributed by atoms with Crippen LogP contribution in [0.5, 0.6) is 0 Å². The lowest BCUT2D eigenvalue weighted by Gasteiger charge is -2.32. The van der Waals surface area contributed by atoms with Crippen LogP contribution in [0.15, 0.2) is 65.3 Å². The average molecular weight is 405 g/mol. The van der Waals surface area contributed by atoms with Gasteiger partial charge >= 0.3 is 0 Å². The fourth-order valence-corrected chi connectivity index (χ4v) is 4.17. The molecule has 1 aliphatic heterocycles. The molecule has 0 aliphatic carbocycles. The lowest BCUT2D eigenvalue weighted by atomic mass is 9.94. The Hall–Kier alpha value is -3.08. The molecule has 0 bridgehead atoms. The highest BCUT2D eigenvalue weighted by Crippen LogP contribution is 2.24. The van der Waals surface area contributed by atoms with Gasteiger partial charge in [0.2, 0.25) is 5.91 Å². The number of nitrogens with zero attached hydrogens (tertiary/aromatic N) is 1. The molecule has 2 heterocycles. The second kappa shape index (κ2) is 9.16. The third-order valence-electron chi connectivity index (χ3n) is 5.97. The number of hydrogen-bond acceptors (Lipinski definition) is 3. The largest absolute Gasteiger partial charge is 0.469 e. The highest BCUT2D eigenvalue weighted by molar-refractivity contribution is 6.07. The van der Waals surface area contributed by atoms with Gasteiger partial charge in [-0.2, -0.15) is 0 Å². The normalized spacial score (nSPS) is 15.8. The van der Waals surface area contributed by atoms with Gasteiger partial charge in [-0.1, -0.05) is 36.4 Å². The van der Waals surface area contributed by atoms with Gasteiger partial charge in [-0.25, -0.2) is 0 Å². The molecule has 0 radical (unpaired) electrons. The highest BCUT2D eigenvalue weighted by Gasteiger charge is 2.28. The summed E-state index contributed by atoms with van der Waals surface area (Å²) < 4.78 is 5.35. The lowest BCUT2D eigenvalue weighted by molar-refractivity contribution is -0.126. The molecule has 5 heteroatoms. The molecule has 1 aliphatic rings. The summed E-state index contributed by atoms with van der Waals surface area (Å²) in [7, 11) is 0. The number of carbonyl (C=O) groups excluding carboxylic acids is 2. The van der Waals surface area contributed by atoms with Crippen molar-refractivity contribution in [2.45, 2.75) is 38.6 Å². The van der Waals surface area contributed by atoms with Crippen molar-refractivity contribution >= 4 is 22.6 Å². The monoisotopic (exact) mass is 404 g/mol. The van der Waals surface area contributed by atoms with Crippen LogP contribution in [-0.4, -0.2) is 35.8 Å². The number of nitrogens with one attached hydrogen (secondary N) is 1. The van der Waals surface area contributed by atoms with E-state index in [2.05, 4.69) is 5.32 Å². The summed E-state index contributed by atoms with van der Waals surface area (Å²) in [5, 5.41) is 5.18. The zero-order valence-electron chi connectivity index (χ0n) is 17.3. The molecule has 1 aromatic heterocycles.